The van der Waals surface area contributed by atoms with Crippen molar-refractivity contribution in [2.45, 2.75) is 33.1 Å². The van der Waals surface area contributed by atoms with Crippen LogP contribution >= 0.6 is 0 Å². The number of para-hydroxylation sites is 2. The second-order valence-corrected chi connectivity index (χ2v) is 7.88. The fourth-order valence-corrected chi connectivity index (χ4v) is 3.86. The monoisotopic (exact) mass is 426 g/mol. The summed E-state index contributed by atoms with van der Waals surface area (Å²) in [5, 5.41) is 6.92. The zero-order valence-corrected chi connectivity index (χ0v) is 18.5. The number of amidine groups is 1. The molecule has 5 heteroatoms. The second kappa shape index (κ2) is 10.2. The van der Waals surface area contributed by atoms with E-state index in [1.165, 1.54) is 16.7 Å². The van der Waals surface area contributed by atoms with Crippen molar-refractivity contribution in [1.29, 1.82) is 0 Å². The van der Waals surface area contributed by atoms with Crippen LogP contribution in [0.1, 0.15) is 41.2 Å². The highest BCUT2D eigenvalue weighted by atomic mass is 16.5. The lowest BCUT2D eigenvalue weighted by molar-refractivity contribution is 0.134. The highest BCUT2D eigenvalue weighted by Gasteiger charge is 2.16. The maximum Gasteiger partial charge on any atom is 0.135 e. The molecule has 164 valence electrons. The van der Waals surface area contributed by atoms with Crippen molar-refractivity contribution in [3.63, 3.8) is 0 Å². The van der Waals surface area contributed by atoms with Gasteiger partial charge in [0.05, 0.1) is 19.8 Å². The Morgan fingerprint density at radius 3 is 2.59 bits per heavy atom. The summed E-state index contributed by atoms with van der Waals surface area (Å²) in [4.78, 5) is 4.95. The number of nitrogen functional groups attached to an aromatic ring is 1. The highest BCUT2D eigenvalue weighted by Crippen LogP contribution is 2.25. The van der Waals surface area contributed by atoms with Gasteiger partial charge in [-0.25, -0.2) is 0 Å². The third-order valence-corrected chi connectivity index (χ3v) is 5.58. The molecule has 0 aliphatic carbocycles. The molecule has 4 rings (SSSR count). The molecule has 0 saturated carbocycles. The largest absolute Gasteiger partial charge is 0.398 e. The van der Waals surface area contributed by atoms with Gasteiger partial charge in [-0.15, -0.1) is 0 Å². The van der Waals surface area contributed by atoms with Crippen LogP contribution < -0.4 is 16.4 Å². The number of rotatable bonds is 8. The van der Waals surface area contributed by atoms with E-state index in [2.05, 4.69) is 54.5 Å². The second-order valence-electron chi connectivity index (χ2n) is 7.88. The van der Waals surface area contributed by atoms with E-state index in [4.69, 9.17) is 15.5 Å². The first-order chi connectivity index (χ1) is 15.7. The van der Waals surface area contributed by atoms with Crippen LogP contribution in [-0.2, 0) is 24.5 Å². The average molecular weight is 427 g/mol. The number of fused-ring (bicyclic) bond motifs is 1. The number of hydrogen-bond acceptors (Lipinski definition) is 4. The van der Waals surface area contributed by atoms with Crippen LogP contribution in [0, 0.1) is 0 Å². The Labute approximate surface area is 190 Å². The molecule has 5 nitrogen and oxygen atoms in total. The lowest BCUT2D eigenvalue weighted by Gasteiger charge is -2.18. The molecular weight excluding hydrogens is 396 g/mol. The maximum absolute atomic E-state index is 6.31. The van der Waals surface area contributed by atoms with Crippen LogP contribution in [-0.4, -0.2) is 12.4 Å². The minimum absolute atomic E-state index is 0.534. The molecule has 0 radical (unpaired) electrons. The van der Waals surface area contributed by atoms with E-state index in [1.54, 1.807) is 0 Å². The van der Waals surface area contributed by atoms with Crippen molar-refractivity contribution < 1.29 is 4.74 Å². The van der Waals surface area contributed by atoms with E-state index in [0.29, 0.717) is 31.3 Å². The van der Waals surface area contributed by atoms with Gasteiger partial charge < -0.3 is 21.1 Å². The topological polar surface area (TPSA) is 71.7 Å². The minimum atomic E-state index is 0.534. The van der Waals surface area contributed by atoms with Crippen molar-refractivity contribution in [3.8, 4) is 0 Å². The van der Waals surface area contributed by atoms with Crippen LogP contribution in [0.2, 0.25) is 0 Å². The lowest BCUT2D eigenvalue weighted by Crippen LogP contribution is -2.24. The first kappa shape index (κ1) is 21.7. The summed E-state index contributed by atoms with van der Waals surface area (Å²) in [7, 11) is 0. The number of ether oxygens (including phenoxy) is 1. The fourth-order valence-electron chi connectivity index (χ4n) is 3.86. The molecule has 1 aliphatic rings. The van der Waals surface area contributed by atoms with Gasteiger partial charge in [-0.2, -0.15) is 0 Å². The summed E-state index contributed by atoms with van der Waals surface area (Å²) in [6, 6.07) is 22.2. The number of benzene rings is 3. The van der Waals surface area contributed by atoms with E-state index in [9.17, 15) is 0 Å². The molecule has 0 aromatic heterocycles. The SMILES string of the molecule is C=C(NC(=NCc1cccc2c1COC2)c1ccccc1N)c1ccccc1NCCC. The van der Waals surface area contributed by atoms with Crippen LogP contribution in [0.3, 0.4) is 0 Å². The molecule has 3 aromatic carbocycles. The molecule has 0 amide bonds. The third-order valence-electron chi connectivity index (χ3n) is 5.58. The van der Waals surface area contributed by atoms with E-state index < -0.39 is 0 Å². The first-order valence-electron chi connectivity index (χ1n) is 11.0. The quantitative estimate of drug-likeness (QED) is 0.259. The Morgan fingerprint density at radius 2 is 1.78 bits per heavy atom. The molecule has 1 heterocycles. The molecule has 0 bridgehead atoms. The van der Waals surface area contributed by atoms with Gasteiger partial charge in [0.15, 0.2) is 0 Å². The normalized spacial score (nSPS) is 13.0. The summed E-state index contributed by atoms with van der Waals surface area (Å²) in [5.74, 6) is 0.704. The molecule has 3 aromatic rings. The molecule has 0 atom stereocenters. The van der Waals surface area contributed by atoms with Gasteiger partial charge in [-0.1, -0.05) is 62.0 Å². The Balaban J connectivity index is 1.64. The molecule has 1 aliphatic heterocycles. The number of aliphatic imine (C=N–C) groups is 1. The first-order valence-corrected chi connectivity index (χ1v) is 11.0. The molecular formula is C27H30N4O. The summed E-state index contributed by atoms with van der Waals surface area (Å²) in [6.07, 6.45) is 1.05. The van der Waals surface area contributed by atoms with Gasteiger partial charge in [-0.05, 0) is 41.3 Å². The molecule has 0 unspecified atom stereocenters. The van der Waals surface area contributed by atoms with Crippen molar-refractivity contribution in [2.75, 3.05) is 17.6 Å². The molecule has 0 saturated heterocycles. The number of hydrogen-bond donors (Lipinski definition) is 3. The summed E-state index contributed by atoms with van der Waals surface area (Å²) < 4.78 is 5.63. The van der Waals surface area contributed by atoms with E-state index in [0.717, 1.165) is 35.5 Å². The van der Waals surface area contributed by atoms with E-state index >= 15 is 0 Å². The minimum Gasteiger partial charge on any atom is -0.398 e. The van der Waals surface area contributed by atoms with Crippen molar-refractivity contribution in [3.05, 3.63) is 101 Å². The number of anilines is 2. The lowest BCUT2D eigenvalue weighted by atomic mass is 10.0. The molecule has 32 heavy (non-hydrogen) atoms. The van der Waals surface area contributed by atoms with E-state index in [-0.39, 0.29) is 0 Å². The Kier molecular flexibility index (Phi) is 6.87. The number of nitrogens with one attached hydrogen (secondary N) is 2. The number of nitrogens with zero attached hydrogens (tertiary/aromatic N) is 1. The third kappa shape index (κ3) is 4.84. The van der Waals surface area contributed by atoms with Gasteiger partial charge in [0, 0.05) is 34.7 Å². The van der Waals surface area contributed by atoms with Gasteiger partial charge >= 0.3 is 0 Å². The molecule has 4 N–H and O–H groups in total. The zero-order valence-electron chi connectivity index (χ0n) is 18.5. The average Bonchev–Trinajstić information content (AvgIpc) is 3.30. The van der Waals surface area contributed by atoms with Crippen molar-refractivity contribution in [2.24, 2.45) is 4.99 Å². The molecule has 0 spiro atoms. The Hall–Kier alpha value is -3.57. The van der Waals surface area contributed by atoms with Crippen LogP contribution in [0.15, 0.2) is 78.3 Å². The maximum atomic E-state index is 6.31. The Morgan fingerprint density at radius 1 is 1.00 bits per heavy atom. The standard InChI is InChI=1S/C27H30N4O/c1-3-15-29-26-14-7-5-11-22(26)19(2)31-27(23-12-4-6-13-25(23)28)30-16-20-9-8-10-21-17-32-18-24(20)21/h4-14,29H,2-3,15-18,28H2,1H3,(H,30,31). The van der Waals surface area contributed by atoms with E-state index in [1.807, 2.05) is 36.4 Å². The van der Waals surface area contributed by atoms with Gasteiger partial charge in [0.25, 0.3) is 0 Å². The predicted octanol–water partition coefficient (Wildman–Crippen LogP) is 5.33. The van der Waals surface area contributed by atoms with Crippen molar-refractivity contribution in [1.82, 2.24) is 5.32 Å². The van der Waals surface area contributed by atoms with Crippen molar-refractivity contribution >= 4 is 22.9 Å². The van der Waals surface area contributed by atoms with Gasteiger partial charge in [-0.3, -0.25) is 4.99 Å². The Bertz CT molecular complexity index is 1140. The predicted molar refractivity (Wildman–Crippen MR) is 133 cm³/mol. The highest BCUT2D eigenvalue weighted by molar-refractivity contribution is 6.07. The number of nitrogens with two attached hydrogens (primary N) is 1. The summed E-state index contributed by atoms with van der Waals surface area (Å²) >= 11 is 0. The smallest absolute Gasteiger partial charge is 0.135 e. The fraction of sp³-hybridized carbons (Fsp3) is 0.222. The van der Waals surface area contributed by atoms with Gasteiger partial charge in [0.1, 0.15) is 5.84 Å². The summed E-state index contributed by atoms with van der Waals surface area (Å²) in [6.45, 7) is 9.20. The van der Waals surface area contributed by atoms with Crippen LogP contribution in [0.25, 0.3) is 5.70 Å². The molecule has 0 fully saturated rings. The van der Waals surface area contributed by atoms with Crippen LogP contribution in [0.5, 0.6) is 0 Å². The zero-order chi connectivity index (χ0) is 22.3. The summed E-state index contributed by atoms with van der Waals surface area (Å²) in [5.41, 5.74) is 14.3. The van der Waals surface area contributed by atoms with Gasteiger partial charge in [0.2, 0.25) is 0 Å². The van der Waals surface area contributed by atoms with Crippen LogP contribution in [0.4, 0.5) is 11.4 Å².